The van der Waals surface area contributed by atoms with Gasteiger partial charge in [0, 0.05) is 16.8 Å². The second kappa shape index (κ2) is 10.1. The number of halogens is 2. The first-order chi connectivity index (χ1) is 16.8. The summed E-state index contributed by atoms with van der Waals surface area (Å²) < 4.78 is 6.64. The van der Waals surface area contributed by atoms with E-state index in [1.54, 1.807) is 48.5 Å². The van der Waals surface area contributed by atoms with Crippen LogP contribution in [-0.2, 0) is 9.59 Å². The Balaban J connectivity index is 1.66. The number of aromatic nitrogens is 1. The number of carbonyl (C=O) groups is 3. The van der Waals surface area contributed by atoms with Crippen molar-refractivity contribution in [2.75, 3.05) is 23.2 Å². The maximum atomic E-state index is 13.2. The molecule has 0 unspecified atom stereocenters. The Bertz CT molecular complexity index is 1450. The van der Waals surface area contributed by atoms with Crippen LogP contribution in [0.4, 0.5) is 11.4 Å². The molecule has 1 heterocycles. The number of hydrogen-bond donors (Lipinski definition) is 3. The van der Waals surface area contributed by atoms with Crippen molar-refractivity contribution >= 4 is 63.2 Å². The summed E-state index contributed by atoms with van der Waals surface area (Å²) in [5.41, 5.74) is 4.85. The number of methoxy groups -OCH3 is 1. The van der Waals surface area contributed by atoms with E-state index in [1.165, 1.54) is 17.9 Å². The number of amides is 3. The third-order valence-electron chi connectivity index (χ3n) is 5.15. The van der Waals surface area contributed by atoms with Gasteiger partial charge in [0.25, 0.3) is 5.91 Å². The molecule has 0 saturated carbocycles. The van der Waals surface area contributed by atoms with Crippen molar-refractivity contribution in [3.05, 3.63) is 88.0 Å². The molecule has 3 aromatic carbocycles. The SMILES string of the molecule is COc1cccc2cc(C(=O)Nc3ccc(Cl)c(Cl)c3)n(NC(=O)C(=O)Nc3ccc(C)cc3)c12. The van der Waals surface area contributed by atoms with Crippen LogP contribution in [0.5, 0.6) is 5.75 Å². The molecule has 1 aromatic heterocycles. The van der Waals surface area contributed by atoms with Crippen molar-refractivity contribution in [2.24, 2.45) is 0 Å². The predicted octanol–water partition coefficient (Wildman–Crippen LogP) is 5.23. The minimum absolute atomic E-state index is 0.0621. The van der Waals surface area contributed by atoms with Crippen molar-refractivity contribution in [1.82, 2.24) is 4.68 Å². The van der Waals surface area contributed by atoms with Crippen LogP contribution in [0.15, 0.2) is 66.7 Å². The normalized spacial score (nSPS) is 10.6. The van der Waals surface area contributed by atoms with Gasteiger partial charge < -0.3 is 15.4 Å². The van der Waals surface area contributed by atoms with Gasteiger partial charge in [0.1, 0.15) is 17.0 Å². The molecule has 8 nitrogen and oxygen atoms in total. The Morgan fingerprint density at radius 2 is 1.54 bits per heavy atom. The smallest absolute Gasteiger partial charge is 0.328 e. The van der Waals surface area contributed by atoms with Gasteiger partial charge in [-0.25, -0.2) is 4.68 Å². The second-order valence-electron chi connectivity index (χ2n) is 7.61. The fourth-order valence-electron chi connectivity index (χ4n) is 3.42. The average molecular weight is 511 g/mol. The van der Waals surface area contributed by atoms with Gasteiger partial charge in [-0.2, -0.15) is 0 Å². The van der Waals surface area contributed by atoms with Gasteiger partial charge >= 0.3 is 11.8 Å². The van der Waals surface area contributed by atoms with Gasteiger partial charge in [-0.1, -0.05) is 53.0 Å². The van der Waals surface area contributed by atoms with E-state index in [4.69, 9.17) is 27.9 Å². The summed E-state index contributed by atoms with van der Waals surface area (Å²) in [4.78, 5) is 38.5. The molecule has 0 aliphatic carbocycles. The summed E-state index contributed by atoms with van der Waals surface area (Å²) in [5.74, 6) is -2.03. The van der Waals surface area contributed by atoms with Crippen molar-refractivity contribution < 1.29 is 19.1 Å². The maximum Gasteiger partial charge on any atom is 0.328 e. The highest BCUT2D eigenvalue weighted by Crippen LogP contribution is 2.29. The highest BCUT2D eigenvalue weighted by atomic mass is 35.5. The number of para-hydroxylation sites is 1. The Hall–Kier alpha value is -4.01. The molecule has 10 heteroatoms. The monoisotopic (exact) mass is 510 g/mol. The molecule has 3 N–H and O–H groups in total. The molecular formula is C25H20Cl2N4O4. The lowest BCUT2D eigenvalue weighted by Crippen LogP contribution is -2.36. The predicted molar refractivity (Wildman–Crippen MR) is 137 cm³/mol. The third-order valence-corrected chi connectivity index (χ3v) is 5.89. The molecule has 4 rings (SSSR count). The number of carbonyl (C=O) groups excluding carboxylic acids is 3. The highest BCUT2D eigenvalue weighted by molar-refractivity contribution is 6.43. The molecule has 4 aromatic rings. The van der Waals surface area contributed by atoms with Crippen molar-refractivity contribution in [1.29, 1.82) is 0 Å². The van der Waals surface area contributed by atoms with Crippen molar-refractivity contribution in [3.63, 3.8) is 0 Å². The number of benzene rings is 3. The van der Waals surface area contributed by atoms with Gasteiger partial charge in [-0.3, -0.25) is 19.8 Å². The zero-order chi connectivity index (χ0) is 25.1. The van der Waals surface area contributed by atoms with Crippen LogP contribution in [0.2, 0.25) is 10.0 Å². The second-order valence-corrected chi connectivity index (χ2v) is 8.42. The highest BCUT2D eigenvalue weighted by Gasteiger charge is 2.23. The molecule has 0 aliphatic rings. The van der Waals surface area contributed by atoms with E-state index >= 15 is 0 Å². The third kappa shape index (κ3) is 5.24. The Morgan fingerprint density at radius 1 is 0.829 bits per heavy atom. The van der Waals surface area contributed by atoms with E-state index in [9.17, 15) is 14.4 Å². The molecule has 0 atom stereocenters. The number of hydrogen-bond acceptors (Lipinski definition) is 4. The van der Waals surface area contributed by atoms with E-state index in [0.717, 1.165) is 5.56 Å². The van der Waals surface area contributed by atoms with Crippen LogP contribution in [-0.4, -0.2) is 29.5 Å². The average Bonchev–Trinajstić information content (AvgIpc) is 3.21. The van der Waals surface area contributed by atoms with Gasteiger partial charge in [0.05, 0.1) is 17.2 Å². The largest absolute Gasteiger partial charge is 0.494 e. The minimum Gasteiger partial charge on any atom is -0.494 e. The fraction of sp³-hybridized carbons (Fsp3) is 0.0800. The van der Waals surface area contributed by atoms with Gasteiger partial charge in [-0.15, -0.1) is 0 Å². The molecule has 0 bridgehead atoms. The molecule has 35 heavy (non-hydrogen) atoms. The molecule has 0 radical (unpaired) electrons. The molecule has 3 amide bonds. The van der Waals surface area contributed by atoms with Crippen LogP contribution in [0.3, 0.4) is 0 Å². The van der Waals surface area contributed by atoms with Crippen LogP contribution in [0.25, 0.3) is 10.9 Å². The van der Waals surface area contributed by atoms with Crippen molar-refractivity contribution in [2.45, 2.75) is 6.92 Å². The molecule has 0 fully saturated rings. The summed E-state index contributed by atoms with van der Waals surface area (Å²) in [7, 11) is 1.47. The standard InChI is InChI=1S/C25H20Cl2N4O4/c1-14-6-8-16(9-7-14)28-24(33)25(34)30-31-20(12-15-4-3-5-21(35-2)22(15)31)23(32)29-17-10-11-18(26)19(27)13-17/h3-13H,1-2H3,(H,28,33)(H,29,32)(H,30,34). The first-order valence-electron chi connectivity index (χ1n) is 10.4. The number of nitrogens with one attached hydrogen (secondary N) is 3. The topological polar surface area (TPSA) is 101 Å². The fourth-order valence-corrected chi connectivity index (χ4v) is 3.72. The van der Waals surface area contributed by atoms with Crippen LogP contribution in [0, 0.1) is 6.92 Å². The zero-order valence-corrected chi connectivity index (χ0v) is 20.2. The Labute approximate surface area is 210 Å². The summed E-state index contributed by atoms with van der Waals surface area (Å²) >= 11 is 12.0. The first-order valence-corrected chi connectivity index (χ1v) is 11.2. The molecule has 178 valence electrons. The number of anilines is 2. The first kappa shape index (κ1) is 24.1. The summed E-state index contributed by atoms with van der Waals surface area (Å²) in [6, 6.07) is 18.4. The van der Waals surface area contributed by atoms with E-state index < -0.39 is 17.7 Å². The van der Waals surface area contributed by atoms with Crippen LogP contribution < -0.4 is 20.8 Å². The minimum atomic E-state index is -0.974. The lowest BCUT2D eigenvalue weighted by atomic mass is 10.2. The quantitative estimate of drug-likeness (QED) is 0.320. The van der Waals surface area contributed by atoms with E-state index in [-0.39, 0.29) is 10.7 Å². The van der Waals surface area contributed by atoms with Gasteiger partial charge in [0.15, 0.2) is 0 Å². The summed E-state index contributed by atoms with van der Waals surface area (Å²) in [6.45, 7) is 1.91. The molecule has 0 spiro atoms. The number of aryl methyl sites for hydroxylation is 1. The van der Waals surface area contributed by atoms with E-state index in [0.29, 0.717) is 33.0 Å². The number of nitrogens with zero attached hydrogens (tertiary/aromatic N) is 1. The zero-order valence-electron chi connectivity index (χ0n) is 18.7. The van der Waals surface area contributed by atoms with E-state index in [2.05, 4.69) is 16.1 Å². The van der Waals surface area contributed by atoms with Gasteiger partial charge in [0.2, 0.25) is 0 Å². The molecule has 0 saturated heterocycles. The Kier molecular flexibility index (Phi) is 6.95. The number of fused-ring (bicyclic) bond motifs is 1. The summed E-state index contributed by atoms with van der Waals surface area (Å²) in [6.07, 6.45) is 0. The number of rotatable bonds is 5. The lowest BCUT2D eigenvalue weighted by molar-refractivity contribution is -0.133. The van der Waals surface area contributed by atoms with Gasteiger partial charge in [-0.05, 0) is 49.4 Å². The lowest BCUT2D eigenvalue weighted by Gasteiger charge is -2.14. The Morgan fingerprint density at radius 3 is 2.23 bits per heavy atom. The van der Waals surface area contributed by atoms with Crippen molar-refractivity contribution in [3.8, 4) is 5.75 Å². The maximum absolute atomic E-state index is 13.2. The summed E-state index contributed by atoms with van der Waals surface area (Å²) in [5, 5.41) is 6.48. The van der Waals surface area contributed by atoms with Crippen LogP contribution >= 0.6 is 23.2 Å². The van der Waals surface area contributed by atoms with Crippen LogP contribution in [0.1, 0.15) is 16.1 Å². The number of ether oxygens (including phenoxy) is 1. The molecular weight excluding hydrogens is 491 g/mol. The van der Waals surface area contributed by atoms with E-state index in [1.807, 2.05) is 19.1 Å². The molecule has 0 aliphatic heterocycles.